The molecule has 1 aliphatic heterocycles. The number of carbonyl (C=O) groups excluding carboxylic acids is 1. The number of halogens is 1. The Morgan fingerprint density at radius 2 is 1.92 bits per heavy atom. The van der Waals surface area contributed by atoms with Gasteiger partial charge in [0.1, 0.15) is 5.78 Å². The van der Waals surface area contributed by atoms with Crippen LogP contribution < -0.4 is 5.32 Å². The van der Waals surface area contributed by atoms with Crippen LogP contribution in [-0.2, 0) is 11.2 Å². The van der Waals surface area contributed by atoms with Gasteiger partial charge in [0.2, 0.25) is 0 Å². The molecule has 1 fully saturated rings. The summed E-state index contributed by atoms with van der Waals surface area (Å²) in [7, 11) is 1.87. The van der Waals surface area contributed by atoms with Gasteiger partial charge in [-0.25, -0.2) is 0 Å². The quantitative estimate of drug-likeness (QED) is 0.727. The maximum atomic E-state index is 12.9. The van der Waals surface area contributed by atoms with Crippen LogP contribution in [0.5, 0.6) is 0 Å². The fraction of sp³-hybridized carbons (Fsp3) is 0.619. The summed E-state index contributed by atoms with van der Waals surface area (Å²) in [6, 6.07) is 4.10. The number of aliphatic imine (C=N–C) groups is 1. The molecule has 3 rings (SSSR count). The van der Waals surface area contributed by atoms with Crippen LogP contribution in [0.1, 0.15) is 69.9 Å². The first kappa shape index (κ1) is 18.4. The largest absolute Gasteiger partial charge is 0.387 e. The number of hydrogen-bond acceptors (Lipinski definition) is 3. The minimum absolute atomic E-state index is 0.184. The van der Waals surface area contributed by atoms with Gasteiger partial charge in [0.05, 0.1) is 22.0 Å². The predicted octanol–water partition coefficient (Wildman–Crippen LogP) is 5.44. The lowest BCUT2D eigenvalue weighted by molar-refractivity contribution is -0.122. The van der Waals surface area contributed by atoms with Crippen molar-refractivity contribution in [3.8, 4) is 0 Å². The molecule has 1 heterocycles. The van der Waals surface area contributed by atoms with Crippen molar-refractivity contribution < 1.29 is 4.79 Å². The van der Waals surface area contributed by atoms with Crippen LogP contribution >= 0.6 is 11.6 Å². The highest BCUT2D eigenvalue weighted by Crippen LogP contribution is 2.34. The second-order valence-corrected chi connectivity index (χ2v) is 8.53. The third kappa shape index (κ3) is 4.25. The molecule has 1 N–H and O–H groups in total. The van der Waals surface area contributed by atoms with Crippen LogP contribution in [-0.4, -0.2) is 24.1 Å². The molecule has 1 aromatic carbocycles. The SMILES string of the molecule is CNc1cc2c(cc1Cl)CC(C)(C)N=C2CC(=O)C1CCCCCC1. The summed E-state index contributed by atoms with van der Waals surface area (Å²) in [5.41, 5.74) is 3.95. The van der Waals surface area contributed by atoms with Crippen molar-refractivity contribution in [2.45, 2.75) is 70.8 Å². The topological polar surface area (TPSA) is 41.5 Å². The van der Waals surface area contributed by atoms with E-state index in [0.29, 0.717) is 12.2 Å². The summed E-state index contributed by atoms with van der Waals surface area (Å²) in [6.07, 6.45) is 8.30. The fourth-order valence-electron chi connectivity index (χ4n) is 4.20. The molecule has 0 amide bonds. The average molecular weight is 361 g/mol. The van der Waals surface area contributed by atoms with Crippen molar-refractivity contribution in [3.63, 3.8) is 0 Å². The van der Waals surface area contributed by atoms with Crippen LogP contribution in [0.15, 0.2) is 17.1 Å². The van der Waals surface area contributed by atoms with Gasteiger partial charge in [0.25, 0.3) is 0 Å². The molecular formula is C21H29ClN2O. The van der Waals surface area contributed by atoms with Crippen LogP contribution in [0.4, 0.5) is 5.69 Å². The van der Waals surface area contributed by atoms with Gasteiger partial charge in [-0.15, -0.1) is 0 Å². The van der Waals surface area contributed by atoms with Crippen molar-refractivity contribution in [3.05, 3.63) is 28.3 Å². The first-order chi connectivity index (χ1) is 11.9. The van der Waals surface area contributed by atoms with Gasteiger partial charge < -0.3 is 5.32 Å². The van der Waals surface area contributed by atoms with E-state index in [1.54, 1.807) is 0 Å². The van der Waals surface area contributed by atoms with E-state index >= 15 is 0 Å². The predicted molar refractivity (Wildman–Crippen MR) is 106 cm³/mol. The van der Waals surface area contributed by atoms with E-state index < -0.39 is 0 Å². The highest BCUT2D eigenvalue weighted by atomic mass is 35.5. The first-order valence-electron chi connectivity index (χ1n) is 9.51. The van der Waals surface area contributed by atoms with Gasteiger partial charge in [-0.3, -0.25) is 9.79 Å². The number of Topliss-reactive ketones (excluding diaryl/α,β-unsaturated/α-hetero) is 1. The molecule has 4 heteroatoms. The van der Waals surface area contributed by atoms with Gasteiger partial charge >= 0.3 is 0 Å². The second kappa shape index (κ2) is 7.49. The summed E-state index contributed by atoms with van der Waals surface area (Å²) in [6.45, 7) is 4.26. The molecular weight excluding hydrogens is 332 g/mol. The van der Waals surface area contributed by atoms with Gasteiger partial charge in [-0.1, -0.05) is 37.3 Å². The van der Waals surface area contributed by atoms with E-state index in [9.17, 15) is 4.79 Å². The zero-order valence-corrected chi connectivity index (χ0v) is 16.4. The normalized spacial score (nSPS) is 20.4. The van der Waals surface area contributed by atoms with Crippen molar-refractivity contribution in [2.24, 2.45) is 10.9 Å². The fourth-order valence-corrected chi connectivity index (χ4v) is 4.48. The summed E-state index contributed by atoms with van der Waals surface area (Å²) in [5.74, 6) is 0.583. The van der Waals surface area contributed by atoms with E-state index in [1.807, 2.05) is 13.1 Å². The van der Waals surface area contributed by atoms with Crippen LogP contribution in [0, 0.1) is 5.92 Å². The molecule has 25 heavy (non-hydrogen) atoms. The van der Waals surface area contributed by atoms with Crippen molar-refractivity contribution >= 4 is 28.8 Å². The lowest BCUT2D eigenvalue weighted by atomic mass is 9.83. The molecule has 1 aliphatic carbocycles. The molecule has 2 aliphatic rings. The maximum absolute atomic E-state index is 12.9. The molecule has 0 unspecified atom stereocenters. The smallest absolute Gasteiger partial charge is 0.141 e. The lowest BCUT2D eigenvalue weighted by Gasteiger charge is -2.30. The molecule has 1 saturated carbocycles. The second-order valence-electron chi connectivity index (χ2n) is 8.12. The van der Waals surface area contributed by atoms with E-state index in [4.69, 9.17) is 16.6 Å². The molecule has 0 spiro atoms. The van der Waals surface area contributed by atoms with E-state index in [-0.39, 0.29) is 11.5 Å². The zero-order chi connectivity index (χ0) is 18.0. The highest BCUT2D eigenvalue weighted by Gasteiger charge is 2.30. The molecule has 0 atom stereocenters. The Morgan fingerprint density at radius 1 is 1.24 bits per heavy atom. The van der Waals surface area contributed by atoms with E-state index in [0.717, 1.165) is 41.2 Å². The lowest BCUT2D eigenvalue weighted by Crippen LogP contribution is -2.31. The molecule has 3 nitrogen and oxygen atoms in total. The number of hydrogen-bond donors (Lipinski definition) is 1. The average Bonchev–Trinajstić information content (AvgIpc) is 2.82. The van der Waals surface area contributed by atoms with E-state index in [2.05, 4.69) is 25.2 Å². The van der Waals surface area contributed by atoms with Crippen LogP contribution in [0.2, 0.25) is 5.02 Å². The highest BCUT2D eigenvalue weighted by molar-refractivity contribution is 6.33. The van der Waals surface area contributed by atoms with Crippen LogP contribution in [0.3, 0.4) is 0 Å². The monoisotopic (exact) mass is 360 g/mol. The molecule has 1 aromatic rings. The van der Waals surface area contributed by atoms with Gasteiger partial charge in [0.15, 0.2) is 0 Å². The number of anilines is 1. The summed E-state index contributed by atoms with van der Waals surface area (Å²) < 4.78 is 0. The Balaban J connectivity index is 1.89. The van der Waals surface area contributed by atoms with Gasteiger partial charge in [-0.2, -0.15) is 0 Å². The Kier molecular flexibility index (Phi) is 5.52. The van der Waals surface area contributed by atoms with Crippen molar-refractivity contribution in [1.29, 1.82) is 0 Å². The number of rotatable bonds is 4. The number of carbonyl (C=O) groups is 1. The van der Waals surface area contributed by atoms with Crippen molar-refractivity contribution in [2.75, 3.05) is 12.4 Å². The first-order valence-corrected chi connectivity index (χ1v) is 9.89. The number of ketones is 1. The number of nitrogens with one attached hydrogen (secondary N) is 1. The third-order valence-corrected chi connectivity index (χ3v) is 5.80. The maximum Gasteiger partial charge on any atom is 0.141 e. The van der Waals surface area contributed by atoms with E-state index in [1.165, 1.54) is 31.2 Å². The standard InChI is InChI=1S/C21H29ClN2O/c1-21(2)13-15-10-17(22)19(23-3)11-16(15)18(24-21)12-20(25)14-8-6-4-5-7-9-14/h10-11,14,23H,4-9,12-13H2,1-3H3. The Hall–Kier alpha value is -1.35. The Morgan fingerprint density at radius 3 is 2.56 bits per heavy atom. The number of nitrogens with zero attached hydrogens (tertiary/aromatic N) is 1. The molecule has 0 aromatic heterocycles. The molecule has 0 saturated heterocycles. The Labute approximate surface area is 156 Å². The minimum atomic E-state index is -0.184. The van der Waals surface area contributed by atoms with Crippen molar-refractivity contribution in [1.82, 2.24) is 0 Å². The Bertz CT molecular complexity index is 685. The zero-order valence-electron chi connectivity index (χ0n) is 15.6. The van der Waals surface area contributed by atoms with Gasteiger partial charge in [0, 0.05) is 24.9 Å². The molecule has 136 valence electrons. The third-order valence-electron chi connectivity index (χ3n) is 5.49. The molecule has 0 bridgehead atoms. The minimum Gasteiger partial charge on any atom is -0.387 e. The van der Waals surface area contributed by atoms with Crippen LogP contribution in [0.25, 0.3) is 0 Å². The summed E-state index contributed by atoms with van der Waals surface area (Å²) in [4.78, 5) is 17.9. The number of fused-ring (bicyclic) bond motifs is 1. The summed E-state index contributed by atoms with van der Waals surface area (Å²) >= 11 is 6.38. The molecule has 0 radical (unpaired) electrons. The van der Waals surface area contributed by atoms with Gasteiger partial charge in [-0.05, 0) is 50.8 Å². The number of benzene rings is 1. The summed E-state index contributed by atoms with van der Waals surface area (Å²) in [5, 5.41) is 3.87.